The quantitative estimate of drug-likeness (QED) is 0.635. The Hall–Kier alpha value is -0.120. The van der Waals surface area contributed by atoms with Gasteiger partial charge in [-0.05, 0) is 18.8 Å². The van der Waals surface area contributed by atoms with E-state index in [1.165, 1.54) is 0 Å². The number of aliphatic hydroxyl groups is 2. The molecule has 2 atom stereocenters. The standard InChI is InChI=1S/C9H19NO2/c1-2-8-7-10(5-6-11)4-3-9(8)12/h8-9,11-12H,2-7H2,1H3. The molecule has 2 N–H and O–H groups in total. The zero-order chi connectivity index (χ0) is 8.97. The number of piperidine rings is 1. The van der Waals surface area contributed by atoms with Crippen LogP contribution in [0.3, 0.4) is 0 Å². The summed E-state index contributed by atoms with van der Waals surface area (Å²) >= 11 is 0. The van der Waals surface area contributed by atoms with Gasteiger partial charge in [-0.2, -0.15) is 0 Å². The maximum atomic E-state index is 9.57. The largest absolute Gasteiger partial charge is 0.395 e. The third kappa shape index (κ3) is 2.44. The van der Waals surface area contributed by atoms with E-state index >= 15 is 0 Å². The summed E-state index contributed by atoms with van der Waals surface area (Å²) in [5.41, 5.74) is 0. The second-order valence-corrected chi connectivity index (χ2v) is 3.55. The molecule has 1 heterocycles. The highest BCUT2D eigenvalue weighted by Gasteiger charge is 2.25. The number of hydrogen-bond acceptors (Lipinski definition) is 3. The van der Waals surface area contributed by atoms with Crippen molar-refractivity contribution in [3.8, 4) is 0 Å². The van der Waals surface area contributed by atoms with Crippen molar-refractivity contribution in [2.75, 3.05) is 26.2 Å². The molecule has 72 valence electrons. The zero-order valence-electron chi connectivity index (χ0n) is 7.74. The molecule has 0 spiro atoms. The fourth-order valence-electron chi connectivity index (χ4n) is 1.84. The Kier molecular flexibility index (Phi) is 3.98. The molecule has 12 heavy (non-hydrogen) atoms. The van der Waals surface area contributed by atoms with E-state index in [4.69, 9.17) is 5.11 Å². The Bertz CT molecular complexity index is 130. The lowest BCUT2D eigenvalue weighted by atomic mass is 9.92. The van der Waals surface area contributed by atoms with Gasteiger partial charge in [-0.3, -0.25) is 0 Å². The molecule has 0 aromatic rings. The molecule has 0 amide bonds. The molecule has 1 saturated heterocycles. The van der Waals surface area contributed by atoms with Crippen LogP contribution < -0.4 is 0 Å². The van der Waals surface area contributed by atoms with Crippen LogP contribution in [-0.2, 0) is 0 Å². The molecule has 3 nitrogen and oxygen atoms in total. The molecule has 0 radical (unpaired) electrons. The molecule has 1 aliphatic rings. The van der Waals surface area contributed by atoms with E-state index in [2.05, 4.69) is 11.8 Å². The van der Waals surface area contributed by atoms with Crippen LogP contribution in [0.2, 0.25) is 0 Å². The maximum absolute atomic E-state index is 9.57. The Morgan fingerprint density at radius 1 is 1.50 bits per heavy atom. The van der Waals surface area contributed by atoms with Gasteiger partial charge in [0.05, 0.1) is 12.7 Å². The van der Waals surface area contributed by atoms with Crippen LogP contribution in [-0.4, -0.2) is 47.5 Å². The number of nitrogens with zero attached hydrogens (tertiary/aromatic N) is 1. The average Bonchev–Trinajstić information content (AvgIpc) is 2.09. The van der Waals surface area contributed by atoms with Crippen molar-refractivity contribution in [1.82, 2.24) is 4.90 Å². The Balaban J connectivity index is 2.33. The number of aliphatic hydroxyl groups excluding tert-OH is 2. The van der Waals surface area contributed by atoms with Gasteiger partial charge in [-0.15, -0.1) is 0 Å². The van der Waals surface area contributed by atoms with Gasteiger partial charge in [0.25, 0.3) is 0 Å². The van der Waals surface area contributed by atoms with Crippen molar-refractivity contribution in [2.45, 2.75) is 25.9 Å². The van der Waals surface area contributed by atoms with E-state index in [9.17, 15) is 5.11 Å². The van der Waals surface area contributed by atoms with E-state index in [1.807, 2.05) is 0 Å². The smallest absolute Gasteiger partial charge is 0.0592 e. The molecule has 0 aliphatic carbocycles. The third-order valence-electron chi connectivity index (χ3n) is 2.72. The summed E-state index contributed by atoms with van der Waals surface area (Å²) < 4.78 is 0. The summed E-state index contributed by atoms with van der Waals surface area (Å²) in [6.45, 7) is 4.96. The minimum absolute atomic E-state index is 0.120. The van der Waals surface area contributed by atoms with Gasteiger partial charge < -0.3 is 15.1 Å². The summed E-state index contributed by atoms with van der Waals surface area (Å²) in [5, 5.41) is 18.3. The van der Waals surface area contributed by atoms with E-state index < -0.39 is 0 Å². The van der Waals surface area contributed by atoms with Gasteiger partial charge in [-0.1, -0.05) is 6.92 Å². The van der Waals surface area contributed by atoms with Crippen LogP contribution in [0.25, 0.3) is 0 Å². The van der Waals surface area contributed by atoms with Gasteiger partial charge in [0.2, 0.25) is 0 Å². The summed E-state index contributed by atoms with van der Waals surface area (Å²) in [7, 11) is 0. The van der Waals surface area contributed by atoms with E-state index in [-0.39, 0.29) is 12.7 Å². The molecule has 3 heteroatoms. The van der Waals surface area contributed by atoms with E-state index in [0.29, 0.717) is 5.92 Å². The summed E-state index contributed by atoms with van der Waals surface area (Å²) in [4.78, 5) is 2.22. The maximum Gasteiger partial charge on any atom is 0.0592 e. The first-order chi connectivity index (χ1) is 5.77. The first kappa shape index (κ1) is 9.96. The number of hydrogen-bond donors (Lipinski definition) is 2. The fourth-order valence-corrected chi connectivity index (χ4v) is 1.84. The predicted molar refractivity (Wildman–Crippen MR) is 47.9 cm³/mol. The predicted octanol–water partition coefficient (Wildman–Crippen LogP) is 0.0715. The lowest BCUT2D eigenvalue weighted by Gasteiger charge is -2.35. The van der Waals surface area contributed by atoms with Gasteiger partial charge in [0.1, 0.15) is 0 Å². The molecule has 1 aliphatic heterocycles. The number of β-amino-alcohol motifs (C(OH)–C–C–N with tert-alkyl or cyclic N) is 1. The molecular formula is C9H19NO2. The number of rotatable bonds is 3. The minimum Gasteiger partial charge on any atom is -0.395 e. The summed E-state index contributed by atoms with van der Waals surface area (Å²) in [5.74, 6) is 0.408. The highest BCUT2D eigenvalue weighted by molar-refractivity contribution is 4.78. The second-order valence-electron chi connectivity index (χ2n) is 3.55. The third-order valence-corrected chi connectivity index (χ3v) is 2.72. The summed E-state index contributed by atoms with van der Waals surface area (Å²) in [6, 6.07) is 0. The minimum atomic E-state index is -0.120. The monoisotopic (exact) mass is 173 g/mol. The Labute approximate surface area is 74.0 Å². The van der Waals surface area contributed by atoms with Crippen molar-refractivity contribution < 1.29 is 10.2 Å². The SMILES string of the molecule is CCC1CN(CCO)CCC1O. The van der Waals surface area contributed by atoms with Gasteiger partial charge in [-0.25, -0.2) is 0 Å². The van der Waals surface area contributed by atoms with Gasteiger partial charge >= 0.3 is 0 Å². The van der Waals surface area contributed by atoms with Crippen LogP contribution >= 0.6 is 0 Å². The highest BCUT2D eigenvalue weighted by Crippen LogP contribution is 2.19. The highest BCUT2D eigenvalue weighted by atomic mass is 16.3. The van der Waals surface area contributed by atoms with Crippen molar-refractivity contribution in [2.24, 2.45) is 5.92 Å². The van der Waals surface area contributed by atoms with Crippen molar-refractivity contribution in [3.05, 3.63) is 0 Å². The Morgan fingerprint density at radius 2 is 2.25 bits per heavy atom. The van der Waals surface area contributed by atoms with Crippen molar-refractivity contribution in [1.29, 1.82) is 0 Å². The molecule has 0 aromatic carbocycles. The molecule has 0 bridgehead atoms. The molecule has 1 rings (SSSR count). The van der Waals surface area contributed by atoms with Crippen LogP contribution in [0.15, 0.2) is 0 Å². The molecular weight excluding hydrogens is 154 g/mol. The van der Waals surface area contributed by atoms with Crippen LogP contribution in [0, 0.1) is 5.92 Å². The van der Waals surface area contributed by atoms with E-state index in [1.54, 1.807) is 0 Å². The molecule has 0 aromatic heterocycles. The van der Waals surface area contributed by atoms with Crippen molar-refractivity contribution in [3.63, 3.8) is 0 Å². The normalized spacial score (nSPS) is 32.2. The molecule has 0 saturated carbocycles. The van der Waals surface area contributed by atoms with Crippen LogP contribution in [0.5, 0.6) is 0 Å². The second kappa shape index (κ2) is 4.80. The fraction of sp³-hybridized carbons (Fsp3) is 1.00. The lowest BCUT2D eigenvalue weighted by molar-refractivity contribution is 0.0196. The molecule has 2 unspecified atom stereocenters. The van der Waals surface area contributed by atoms with E-state index in [0.717, 1.165) is 32.5 Å². The van der Waals surface area contributed by atoms with Crippen molar-refractivity contribution >= 4 is 0 Å². The topological polar surface area (TPSA) is 43.7 Å². The van der Waals surface area contributed by atoms with Crippen LogP contribution in [0.1, 0.15) is 19.8 Å². The molecule has 1 fully saturated rings. The average molecular weight is 173 g/mol. The first-order valence-corrected chi connectivity index (χ1v) is 4.79. The van der Waals surface area contributed by atoms with Gasteiger partial charge in [0.15, 0.2) is 0 Å². The van der Waals surface area contributed by atoms with Gasteiger partial charge in [0, 0.05) is 19.6 Å². The first-order valence-electron chi connectivity index (χ1n) is 4.79. The number of likely N-dealkylation sites (tertiary alicyclic amines) is 1. The van der Waals surface area contributed by atoms with Crippen LogP contribution in [0.4, 0.5) is 0 Å². The lowest BCUT2D eigenvalue weighted by Crippen LogP contribution is -2.43. The zero-order valence-corrected chi connectivity index (χ0v) is 7.74. The Morgan fingerprint density at radius 3 is 2.83 bits per heavy atom. The summed E-state index contributed by atoms with van der Waals surface area (Å²) in [6.07, 6.45) is 1.77.